The zero-order valence-corrected chi connectivity index (χ0v) is 13.0. The van der Waals surface area contributed by atoms with Crippen molar-refractivity contribution in [1.29, 1.82) is 0 Å². The zero-order chi connectivity index (χ0) is 15.0. The first-order valence-corrected chi connectivity index (χ1v) is 7.84. The molecule has 1 fully saturated rings. The lowest BCUT2D eigenvalue weighted by atomic mass is 10.3. The fraction of sp³-hybridized carbons (Fsp3) is 0.500. The Morgan fingerprint density at radius 2 is 2.05 bits per heavy atom. The van der Waals surface area contributed by atoms with E-state index in [1.54, 1.807) is 0 Å². The van der Waals surface area contributed by atoms with Crippen LogP contribution in [-0.4, -0.2) is 58.5 Å². The maximum Gasteiger partial charge on any atom is 0.271 e. The van der Waals surface area contributed by atoms with Gasteiger partial charge in [0.2, 0.25) is 5.91 Å². The monoisotopic (exact) mass is 306 g/mol. The third-order valence-corrected chi connectivity index (χ3v) is 4.96. The molecule has 1 aliphatic rings. The van der Waals surface area contributed by atoms with Gasteiger partial charge in [-0.25, -0.2) is 4.98 Å². The Bertz CT molecular complexity index is 728. The van der Waals surface area contributed by atoms with E-state index in [1.165, 1.54) is 22.2 Å². The number of aromatic nitrogens is 2. The molecule has 0 unspecified atom stereocenters. The van der Waals surface area contributed by atoms with Crippen LogP contribution in [0.15, 0.2) is 16.5 Å². The average Bonchev–Trinajstić information content (AvgIpc) is 2.85. The largest absolute Gasteiger partial charge is 0.339 e. The third-order valence-electron chi connectivity index (χ3n) is 3.89. The molecule has 0 spiro atoms. The number of hydrogen-bond acceptors (Lipinski definition) is 5. The van der Waals surface area contributed by atoms with Crippen LogP contribution in [0.4, 0.5) is 0 Å². The van der Waals surface area contributed by atoms with Crippen molar-refractivity contribution in [3.63, 3.8) is 0 Å². The summed E-state index contributed by atoms with van der Waals surface area (Å²) < 4.78 is 2.04. The number of piperazine rings is 1. The molecule has 0 bridgehead atoms. The van der Waals surface area contributed by atoms with Crippen molar-refractivity contribution >= 4 is 27.5 Å². The molecule has 6 nitrogen and oxygen atoms in total. The van der Waals surface area contributed by atoms with Crippen molar-refractivity contribution < 1.29 is 4.79 Å². The van der Waals surface area contributed by atoms with E-state index >= 15 is 0 Å². The van der Waals surface area contributed by atoms with Gasteiger partial charge in [-0.2, -0.15) is 0 Å². The number of hydrogen-bond donors (Lipinski definition) is 0. The summed E-state index contributed by atoms with van der Waals surface area (Å²) >= 11 is 1.39. The summed E-state index contributed by atoms with van der Waals surface area (Å²) in [4.78, 5) is 33.0. The lowest BCUT2D eigenvalue weighted by Crippen LogP contribution is -2.48. The fourth-order valence-electron chi connectivity index (χ4n) is 2.47. The molecule has 1 amide bonds. The highest BCUT2D eigenvalue weighted by atomic mass is 32.1. The number of likely N-dealkylation sites (N-methyl/N-ethyl adjacent to an activating group) is 1. The number of fused-ring (bicyclic) bond motifs is 1. The standard InChI is InChI=1S/C14H18N4O2S/c1-10-8-21-13-12(10)15-9-18(14(13)20)7-11(19)17-5-3-16(2)4-6-17/h8-9H,3-7H2,1-2H3. The van der Waals surface area contributed by atoms with Gasteiger partial charge in [0.25, 0.3) is 5.56 Å². The van der Waals surface area contributed by atoms with Crippen molar-refractivity contribution in [2.45, 2.75) is 13.5 Å². The van der Waals surface area contributed by atoms with E-state index in [4.69, 9.17) is 0 Å². The van der Waals surface area contributed by atoms with Crippen molar-refractivity contribution in [1.82, 2.24) is 19.4 Å². The summed E-state index contributed by atoms with van der Waals surface area (Å²) in [6, 6.07) is 0. The van der Waals surface area contributed by atoms with Gasteiger partial charge in [-0.1, -0.05) is 0 Å². The number of carbonyl (C=O) groups excluding carboxylic acids is 1. The second kappa shape index (κ2) is 5.57. The quantitative estimate of drug-likeness (QED) is 0.812. The first-order chi connectivity index (χ1) is 10.1. The van der Waals surface area contributed by atoms with Gasteiger partial charge in [-0.05, 0) is 24.9 Å². The van der Waals surface area contributed by atoms with Gasteiger partial charge in [-0.15, -0.1) is 11.3 Å². The normalized spacial score (nSPS) is 16.6. The van der Waals surface area contributed by atoms with E-state index in [9.17, 15) is 9.59 Å². The average molecular weight is 306 g/mol. The molecule has 2 aromatic heterocycles. The van der Waals surface area contributed by atoms with Gasteiger partial charge in [0.15, 0.2) is 0 Å². The van der Waals surface area contributed by atoms with Crippen molar-refractivity contribution in [3.05, 3.63) is 27.6 Å². The Morgan fingerprint density at radius 1 is 1.33 bits per heavy atom. The molecule has 0 aromatic carbocycles. The summed E-state index contributed by atoms with van der Waals surface area (Å²) in [6.45, 7) is 5.20. The van der Waals surface area contributed by atoms with Crippen LogP contribution >= 0.6 is 11.3 Å². The van der Waals surface area contributed by atoms with E-state index in [0.29, 0.717) is 4.70 Å². The molecule has 2 aromatic rings. The minimum atomic E-state index is -0.124. The topological polar surface area (TPSA) is 58.4 Å². The smallest absolute Gasteiger partial charge is 0.271 e. The molecule has 0 radical (unpaired) electrons. The SMILES string of the molecule is Cc1csc2c(=O)n(CC(=O)N3CCN(C)CC3)cnc12. The predicted molar refractivity (Wildman–Crippen MR) is 82.7 cm³/mol. The first-order valence-electron chi connectivity index (χ1n) is 6.96. The molecule has 1 aliphatic heterocycles. The van der Waals surface area contributed by atoms with Crippen molar-refractivity contribution in [3.8, 4) is 0 Å². The Kier molecular flexibility index (Phi) is 3.77. The summed E-state index contributed by atoms with van der Waals surface area (Å²) in [5, 5.41) is 1.92. The first kappa shape index (κ1) is 14.2. The number of nitrogens with zero attached hydrogens (tertiary/aromatic N) is 4. The molecular weight excluding hydrogens is 288 g/mol. The molecular formula is C14H18N4O2S. The summed E-state index contributed by atoms with van der Waals surface area (Å²) in [7, 11) is 2.04. The molecule has 21 heavy (non-hydrogen) atoms. The molecule has 0 saturated carbocycles. The minimum Gasteiger partial charge on any atom is -0.339 e. The van der Waals surface area contributed by atoms with E-state index < -0.39 is 0 Å². The van der Waals surface area contributed by atoms with Crippen LogP contribution in [0.1, 0.15) is 5.56 Å². The second-order valence-electron chi connectivity index (χ2n) is 5.46. The highest BCUT2D eigenvalue weighted by Crippen LogP contribution is 2.19. The van der Waals surface area contributed by atoms with E-state index in [0.717, 1.165) is 37.3 Å². The lowest BCUT2D eigenvalue weighted by Gasteiger charge is -2.32. The summed E-state index contributed by atoms with van der Waals surface area (Å²) in [5.74, 6) is -0.0142. The lowest BCUT2D eigenvalue weighted by molar-refractivity contribution is -0.133. The van der Waals surface area contributed by atoms with E-state index in [2.05, 4.69) is 9.88 Å². The molecule has 1 saturated heterocycles. The van der Waals surface area contributed by atoms with Gasteiger partial charge in [0, 0.05) is 26.2 Å². The molecule has 0 atom stereocenters. The molecule has 0 aliphatic carbocycles. The van der Waals surface area contributed by atoms with Gasteiger partial charge in [-0.3, -0.25) is 14.2 Å². The molecule has 112 valence electrons. The van der Waals surface area contributed by atoms with Crippen LogP contribution in [0, 0.1) is 6.92 Å². The van der Waals surface area contributed by atoms with Gasteiger partial charge >= 0.3 is 0 Å². The summed E-state index contributed by atoms with van der Waals surface area (Å²) in [5.41, 5.74) is 1.62. The number of rotatable bonds is 2. The van der Waals surface area contributed by atoms with E-state index in [-0.39, 0.29) is 18.0 Å². The van der Waals surface area contributed by atoms with Crippen LogP contribution in [0.2, 0.25) is 0 Å². The molecule has 3 heterocycles. The fourth-order valence-corrected chi connectivity index (χ4v) is 3.42. The second-order valence-corrected chi connectivity index (χ2v) is 6.34. The predicted octanol–water partition coefficient (Wildman–Crippen LogP) is 0.540. The van der Waals surface area contributed by atoms with Crippen LogP contribution in [0.3, 0.4) is 0 Å². The van der Waals surface area contributed by atoms with Gasteiger partial charge < -0.3 is 9.80 Å². The number of carbonyl (C=O) groups is 1. The van der Waals surface area contributed by atoms with E-state index in [1.807, 2.05) is 24.3 Å². The molecule has 7 heteroatoms. The minimum absolute atomic E-state index is 0.0142. The maximum atomic E-state index is 12.4. The van der Waals surface area contributed by atoms with Crippen LogP contribution < -0.4 is 5.56 Å². The number of aryl methyl sites for hydroxylation is 1. The Hall–Kier alpha value is -1.73. The zero-order valence-electron chi connectivity index (χ0n) is 12.2. The molecule has 3 rings (SSSR count). The highest BCUT2D eigenvalue weighted by molar-refractivity contribution is 7.17. The van der Waals surface area contributed by atoms with Crippen molar-refractivity contribution in [2.24, 2.45) is 0 Å². The Morgan fingerprint density at radius 3 is 2.76 bits per heavy atom. The number of amides is 1. The summed E-state index contributed by atoms with van der Waals surface area (Å²) in [6.07, 6.45) is 1.48. The Balaban J connectivity index is 1.80. The van der Waals surface area contributed by atoms with Crippen molar-refractivity contribution in [2.75, 3.05) is 33.2 Å². The highest BCUT2D eigenvalue weighted by Gasteiger charge is 2.20. The van der Waals surface area contributed by atoms with Gasteiger partial charge in [0.05, 0.1) is 11.8 Å². The van der Waals surface area contributed by atoms with Crippen LogP contribution in [0.5, 0.6) is 0 Å². The van der Waals surface area contributed by atoms with Gasteiger partial charge in [0.1, 0.15) is 11.2 Å². The number of thiophene rings is 1. The van der Waals surface area contributed by atoms with Crippen LogP contribution in [-0.2, 0) is 11.3 Å². The Labute approximate surface area is 126 Å². The molecule has 0 N–H and O–H groups in total. The van der Waals surface area contributed by atoms with Crippen LogP contribution in [0.25, 0.3) is 10.2 Å². The third kappa shape index (κ3) is 2.71. The maximum absolute atomic E-state index is 12.4.